The highest BCUT2D eigenvalue weighted by Crippen LogP contribution is 2.06. The second-order valence-corrected chi connectivity index (χ2v) is 8.11. The van der Waals surface area contributed by atoms with Gasteiger partial charge in [0.2, 0.25) is 17.7 Å². The molecule has 14 heteroatoms. The Kier molecular flexibility index (Phi) is 12.9. The number of hydrogen-bond acceptors (Lipinski definition) is 8. The van der Waals surface area contributed by atoms with Crippen molar-refractivity contribution < 1.29 is 34.5 Å². The van der Waals surface area contributed by atoms with Crippen LogP contribution in [0, 0.1) is 0 Å². The zero-order valence-corrected chi connectivity index (χ0v) is 20.0. The van der Waals surface area contributed by atoms with Gasteiger partial charge in [0.1, 0.15) is 24.2 Å². The summed E-state index contributed by atoms with van der Waals surface area (Å²) in [4.78, 5) is 53.3. The number of carbonyl (C=O) groups excluding carboxylic acids is 3. The predicted molar refractivity (Wildman–Crippen MR) is 130 cm³/mol. The van der Waals surface area contributed by atoms with Gasteiger partial charge in [-0.15, -0.1) is 0 Å². The molecule has 0 aliphatic carbocycles. The maximum Gasteiger partial charge on any atom is 0.326 e. The molecule has 0 bridgehead atoms. The lowest BCUT2D eigenvalue weighted by Crippen LogP contribution is -2.59. The monoisotopic (exact) mass is 509 g/mol. The first-order valence-corrected chi connectivity index (χ1v) is 11.2. The summed E-state index contributed by atoms with van der Waals surface area (Å²) in [5.74, 6) is -4.00. The standard InChI is InChI=1S/C22H35N7O7/c1-12(31)17(23)20(34)29-16(11-30)19(33)28-15(10-13-6-3-2-4-7-13)18(32)27-14(21(35)36)8-5-9-26-22(24)25/h2-4,6-7,12,14-17,30-31H,5,8-11,23H2,1H3,(H,27,32)(H,28,33)(H,29,34)(H,35,36)(H4,24,25,26). The van der Waals surface area contributed by atoms with Crippen molar-refractivity contribution in [1.82, 2.24) is 16.0 Å². The van der Waals surface area contributed by atoms with Gasteiger partial charge in [-0.3, -0.25) is 19.4 Å². The molecular weight excluding hydrogens is 474 g/mol. The molecule has 0 aliphatic rings. The van der Waals surface area contributed by atoms with E-state index in [4.69, 9.17) is 17.2 Å². The van der Waals surface area contributed by atoms with Crippen LogP contribution in [0.25, 0.3) is 0 Å². The maximum atomic E-state index is 13.0. The Morgan fingerprint density at radius 1 is 0.944 bits per heavy atom. The van der Waals surface area contributed by atoms with Crippen LogP contribution in [0.3, 0.4) is 0 Å². The highest BCUT2D eigenvalue weighted by Gasteiger charge is 2.30. The Bertz CT molecular complexity index is 907. The molecule has 14 nitrogen and oxygen atoms in total. The summed E-state index contributed by atoms with van der Waals surface area (Å²) in [7, 11) is 0. The van der Waals surface area contributed by atoms with Gasteiger partial charge < -0.3 is 48.5 Å². The third-order valence-corrected chi connectivity index (χ3v) is 5.11. The molecule has 200 valence electrons. The summed E-state index contributed by atoms with van der Waals surface area (Å²) in [5, 5.41) is 35.6. The molecule has 3 amide bonds. The first-order valence-electron chi connectivity index (χ1n) is 11.2. The van der Waals surface area contributed by atoms with E-state index < -0.39 is 60.6 Å². The van der Waals surface area contributed by atoms with Crippen LogP contribution in [0.5, 0.6) is 0 Å². The van der Waals surface area contributed by atoms with Gasteiger partial charge >= 0.3 is 5.97 Å². The van der Waals surface area contributed by atoms with E-state index >= 15 is 0 Å². The summed E-state index contributed by atoms with van der Waals surface area (Å²) in [6.45, 7) is 0.639. The first kappa shape index (κ1) is 30.3. The van der Waals surface area contributed by atoms with E-state index in [0.29, 0.717) is 5.56 Å². The molecule has 0 saturated carbocycles. The van der Waals surface area contributed by atoms with Crippen molar-refractivity contribution in [2.75, 3.05) is 13.2 Å². The Hall–Kier alpha value is -3.75. The number of aliphatic hydroxyl groups is 2. The van der Waals surface area contributed by atoms with Crippen molar-refractivity contribution in [3.05, 3.63) is 35.9 Å². The van der Waals surface area contributed by atoms with Gasteiger partial charge in [0.05, 0.1) is 12.7 Å². The third-order valence-electron chi connectivity index (χ3n) is 5.11. The lowest BCUT2D eigenvalue weighted by Gasteiger charge is -2.25. The zero-order chi connectivity index (χ0) is 27.3. The number of nitrogens with zero attached hydrogens (tertiary/aromatic N) is 1. The Balaban J connectivity index is 2.99. The van der Waals surface area contributed by atoms with Crippen molar-refractivity contribution in [2.24, 2.45) is 22.2 Å². The second kappa shape index (κ2) is 15.3. The van der Waals surface area contributed by atoms with Crippen LogP contribution in [0.4, 0.5) is 0 Å². The number of carbonyl (C=O) groups is 4. The highest BCUT2D eigenvalue weighted by atomic mass is 16.4. The molecule has 0 fully saturated rings. The van der Waals surface area contributed by atoms with Crippen molar-refractivity contribution >= 4 is 29.7 Å². The van der Waals surface area contributed by atoms with Crippen molar-refractivity contribution in [3.8, 4) is 0 Å². The molecule has 1 aromatic carbocycles. The SMILES string of the molecule is CC(O)C(N)C(=O)NC(CO)C(=O)NC(Cc1ccccc1)C(=O)NC(CCCN=C(N)N)C(=O)O. The summed E-state index contributed by atoms with van der Waals surface area (Å²) < 4.78 is 0. The molecule has 1 aromatic rings. The first-order chi connectivity index (χ1) is 17.0. The number of guanidine groups is 1. The number of aliphatic hydroxyl groups excluding tert-OH is 2. The van der Waals surface area contributed by atoms with E-state index in [1.54, 1.807) is 30.3 Å². The molecule has 0 saturated heterocycles. The minimum Gasteiger partial charge on any atom is -0.480 e. The van der Waals surface area contributed by atoms with Crippen molar-refractivity contribution in [2.45, 2.75) is 56.5 Å². The summed E-state index contributed by atoms with van der Waals surface area (Å²) in [6.07, 6.45) is -0.912. The Labute approximate surface area is 208 Å². The van der Waals surface area contributed by atoms with Gasteiger partial charge in [-0.25, -0.2) is 4.79 Å². The van der Waals surface area contributed by atoms with Crippen LogP contribution in [0.1, 0.15) is 25.3 Å². The number of amides is 3. The number of carboxylic acid groups (broad SMARTS) is 1. The number of nitrogens with two attached hydrogens (primary N) is 3. The quantitative estimate of drug-likeness (QED) is 0.0640. The van der Waals surface area contributed by atoms with E-state index in [1.165, 1.54) is 6.92 Å². The zero-order valence-electron chi connectivity index (χ0n) is 20.0. The number of benzene rings is 1. The number of carboxylic acids is 1. The molecule has 1 rings (SSSR count). The summed E-state index contributed by atoms with van der Waals surface area (Å²) in [6, 6.07) is 3.31. The third kappa shape index (κ3) is 10.7. The van der Waals surface area contributed by atoms with Crippen LogP contribution in [-0.4, -0.2) is 88.4 Å². The molecule has 5 atom stereocenters. The van der Waals surface area contributed by atoms with Gasteiger partial charge in [0, 0.05) is 13.0 Å². The second-order valence-electron chi connectivity index (χ2n) is 8.11. The molecule has 0 heterocycles. The van der Waals surface area contributed by atoms with E-state index in [-0.39, 0.29) is 31.8 Å². The molecule has 36 heavy (non-hydrogen) atoms. The smallest absolute Gasteiger partial charge is 0.326 e. The van der Waals surface area contributed by atoms with E-state index in [9.17, 15) is 34.5 Å². The lowest BCUT2D eigenvalue weighted by molar-refractivity contribution is -0.142. The van der Waals surface area contributed by atoms with Crippen molar-refractivity contribution in [3.63, 3.8) is 0 Å². The minimum absolute atomic E-state index is 0.00195. The average molecular weight is 510 g/mol. The fraction of sp³-hybridized carbons (Fsp3) is 0.500. The largest absolute Gasteiger partial charge is 0.480 e. The van der Waals surface area contributed by atoms with Gasteiger partial charge in [0.15, 0.2) is 5.96 Å². The number of nitrogens with one attached hydrogen (secondary N) is 3. The van der Waals surface area contributed by atoms with Crippen LogP contribution in [0.15, 0.2) is 35.3 Å². The number of aliphatic imine (C=N–C) groups is 1. The van der Waals surface area contributed by atoms with Gasteiger partial charge in [-0.1, -0.05) is 30.3 Å². The summed E-state index contributed by atoms with van der Waals surface area (Å²) in [5.41, 5.74) is 16.7. The molecule has 0 aliphatic heterocycles. The normalized spacial score (nSPS) is 14.9. The minimum atomic E-state index is -1.47. The Morgan fingerprint density at radius 2 is 1.50 bits per heavy atom. The number of hydrogen-bond donors (Lipinski definition) is 9. The van der Waals surface area contributed by atoms with Gasteiger partial charge in [-0.2, -0.15) is 0 Å². The molecule has 12 N–H and O–H groups in total. The molecular formula is C22H35N7O7. The number of rotatable bonds is 15. The summed E-state index contributed by atoms with van der Waals surface area (Å²) >= 11 is 0. The molecule has 0 radical (unpaired) electrons. The topological polar surface area (TPSA) is 255 Å². The Morgan fingerprint density at radius 3 is 2.03 bits per heavy atom. The van der Waals surface area contributed by atoms with Gasteiger partial charge in [0.25, 0.3) is 0 Å². The lowest BCUT2D eigenvalue weighted by atomic mass is 10.0. The number of aliphatic carboxylic acids is 1. The van der Waals surface area contributed by atoms with Crippen LogP contribution in [-0.2, 0) is 25.6 Å². The van der Waals surface area contributed by atoms with Gasteiger partial charge in [-0.05, 0) is 25.3 Å². The maximum absolute atomic E-state index is 13.0. The fourth-order valence-corrected chi connectivity index (χ4v) is 3.05. The predicted octanol–water partition coefficient (Wildman–Crippen LogP) is -3.48. The molecule has 0 spiro atoms. The van der Waals surface area contributed by atoms with Crippen molar-refractivity contribution in [1.29, 1.82) is 0 Å². The van der Waals surface area contributed by atoms with Crippen LogP contribution >= 0.6 is 0 Å². The van der Waals surface area contributed by atoms with Crippen LogP contribution in [0.2, 0.25) is 0 Å². The van der Waals surface area contributed by atoms with E-state index in [1.807, 2.05) is 0 Å². The molecule has 0 aromatic heterocycles. The fourth-order valence-electron chi connectivity index (χ4n) is 3.05. The highest BCUT2D eigenvalue weighted by molar-refractivity contribution is 5.94. The van der Waals surface area contributed by atoms with Crippen LogP contribution < -0.4 is 33.2 Å². The molecule has 5 unspecified atom stereocenters. The average Bonchev–Trinajstić information content (AvgIpc) is 2.83. The van der Waals surface area contributed by atoms with E-state index in [0.717, 1.165) is 0 Å². The van der Waals surface area contributed by atoms with E-state index in [2.05, 4.69) is 20.9 Å².